The number of carbonyl (C=O) groups excluding carboxylic acids is 7. The first kappa shape index (κ1) is 43.1. The highest BCUT2D eigenvalue weighted by atomic mass is 16.6. The molecule has 0 heterocycles. The molecule has 0 bridgehead atoms. The normalized spacial score (nSPS) is 11.8. The SMILES string of the molecule is CC(C)(C)OC(=O)CC[C@H](NC(=O)OCc1ccccc1)C(=O)NCC(=O)NCC(=O)N[C@@H](Cc1ccccc1)C(=O)NCC(=O)NCOCC(=O)O. The van der Waals surface area contributed by atoms with Crippen molar-refractivity contribution in [2.24, 2.45) is 0 Å². The summed E-state index contributed by atoms with van der Waals surface area (Å²) in [4.78, 5) is 98.5. The fourth-order valence-electron chi connectivity index (χ4n) is 4.29. The highest BCUT2D eigenvalue weighted by molar-refractivity contribution is 5.93. The Hall–Kier alpha value is -6.04. The van der Waals surface area contributed by atoms with Crippen LogP contribution in [0, 0.1) is 0 Å². The molecule has 2 aromatic carbocycles. The topological polar surface area (TPSA) is 257 Å². The second kappa shape index (κ2) is 22.7. The lowest BCUT2D eigenvalue weighted by Crippen LogP contribution is -2.53. The number of carbonyl (C=O) groups is 8. The van der Waals surface area contributed by atoms with Crippen molar-refractivity contribution < 1.29 is 57.7 Å². The van der Waals surface area contributed by atoms with Crippen LogP contribution < -0.4 is 31.9 Å². The van der Waals surface area contributed by atoms with Gasteiger partial charge in [0.15, 0.2) is 0 Å². The van der Waals surface area contributed by atoms with Gasteiger partial charge in [-0.1, -0.05) is 60.7 Å². The first-order valence-electron chi connectivity index (χ1n) is 16.5. The smallest absolute Gasteiger partial charge is 0.408 e. The number of alkyl carbamates (subject to hydrolysis) is 1. The predicted octanol–water partition coefficient (Wildman–Crippen LogP) is -0.346. The molecule has 0 aliphatic carbocycles. The summed E-state index contributed by atoms with van der Waals surface area (Å²) in [6.07, 6.45) is -1.30. The second-order valence-electron chi connectivity index (χ2n) is 12.4. The fraction of sp³-hybridized carbons (Fsp3) is 0.429. The van der Waals surface area contributed by atoms with Crippen molar-refractivity contribution in [1.82, 2.24) is 31.9 Å². The van der Waals surface area contributed by atoms with Crippen molar-refractivity contribution in [2.75, 3.05) is 33.0 Å². The van der Waals surface area contributed by atoms with Gasteiger partial charge in [0.2, 0.25) is 29.5 Å². The Morgan fingerprint density at radius 3 is 1.81 bits per heavy atom. The molecule has 6 amide bonds. The van der Waals surface area contributed by atoms with Crippen LogP contribution in [0.25, 0.3) is 0 Å². The molecule has 2 atom stereocenters. The summed E-state index contributed by atoms with van der Waals surface area (Å²) >= 11 is 0. The average Bonchev–Trinajstić information content (AvgIpc) is 3.11. The van der Waals surface area contributed by atoms with Gasteiger partial charge in [-0.3, -0.25) is 28.8 Å². The zero-order valence-corrected chi connectivity index (χ0v) is 29.7. The third-order valence-electron chi connectivity index (χ3n) is 6.70. The lowest BCUT2D eigenvalue weighted by Gasteiger charge is -2.21. The molecule has 0 radical (unpaired) electrons. The van der Waals surface area contributed by atoms with Crippen molar-refractivity contribution >= 4 is 47.6 Å². The highest BCUT2D eigenvalue weighted by Crippen LogP contribution is 2.11. The minimum Gasteiger partial charge on any atom is -0.480 e. The van der Waals surface area contributed by atoms with Gasteiger partial charge >= 0.3 is 18.0 Å². The van der Waals surface area contributed by atoms with Crippen molar-refractivity contribution in [2.45, 2.75) is 64.3 Å². The van der Waals surface area contributed by atoms with Crippen LogP contribution in [-0.4, -0.2) is 103 Å². The second-order valence-corrected chi connectivity index (χ2v) is 12.4. The number of hydrogen-bond acceptors (Lipinski definition) is 11. The zero-order valence-electron chi connectivity index (χ0n) is 29.7. The maximum Gasteiger partial charge on any atom is 0.408 e. The lowest BCUT2D eigenvalue weighted by molar-refractivity contribution is -0.155. The molecule has 18 nitrogen and oxygen atoms in total. The molecule has 2 rings (SSSR count). The summed E-state index contributed by atoms with van der Waals surface area (Å²) < 4.78 is 15.2. The van der Waals surface area contributed by atoms with Crippen molar-refractivity contribution in [3.8, 4) is 0 Å². The van der Waals surface area contributed by atoms with Crippen LogP contribution in [0.3, 0.4) is 0 Å². The Bertz CT molecular complexity index is 1550. The van der Waals surface area contributed by atoms with E-state index in [0.717, 1.165) is 0 Å². The number of rotatable bonds is 21. The minimum atomic E-state index is -1.28. The van der Waals surface area contributed by atoms with Crippen molar-refractivity contribution in [3.63, 3.8) is 0 Å². The van der Waals surface area contributed by atoms with Gasteiger partial charge in [-0.2, -0.15) is 0 Å². The van der Waals surface area contributed by atoms with E-state index in [4.69, 9.17) is 19.3 Å². The van der Waals surface area contributed by atoms with Crippen LogP contribution >= 0.6 is 0 Å². The van der Waals surface area contributed by atoms with Crippen molar-refractivity contribution in [1.29, 1.82) is 0 Å². The van der Waals surface area contributed by atoms with Crippen LogP contribution in [0.15, 0.2) is 60.7 Å². The summed E-state index contributed by atoms with van der Waals surface area (Å²) in [5.41, 5.74) is 0.615. The number of esters is 1. The Kier molecular flexibility index (Phi) is 18.5. The first-order chi connectivity index (χ1) is 25.1. The summed E-state index contributed by atoms with van der Waals surface area (Å²) in [6, 6.07) is 15.0. The maximum absolute atomic E-state index is 13.0. The van der Waals surface area contributed by atoms with Gasteiger partial charge in [0.05, 0.1) is 19.6 Å². The van der Waals surface area contributed by atoms with E-state index in [1.807, 2.05) is 0 Å². The molecule has 0 aromatic heterocycles. The highest BCUT2D eigenvalue weighted by Gasteiger charge is 2.26. The van der Waals surface area contributed by atoms with Crippen LogP contribution in [0.5, 0.6) is 0 Å². The summed E-state index contributed by atoms with van der Waals surface area (Å²) in [6.45, 7) is 2.26. The predicted molar refractivity (Wildman–Crippen MR) is 186 cm³/mol. The molecule has 0 aliphatic rings. The molecule has 7 N–H and O–H groups in total. The molecule has 18 heteroatoms. The van der Waals surface area contributed by atoms with Gasteiger partial charge in [0, 0.05) is 12.8 Å². The molecular formula is C35H46N6O12. The van der Waals surface area contributed by atoms with E-state index < -0.39 is 98.2 Å². The number of benzene rings is 2. The molecule has 2 aromatic rings. The number of nitrogens with one attached hydrogen (secondary N) is 6. The third kappa shape index (κ3) is 19.8. The lowest BCUT2D eigenvalue weighted by atomic mass is 10.1. The quantitative estimate of drug-likeness (QED) is 0.0493. The van der Waals surface area contributed by atoms with E-state index in [0.29, 0.717) is 11.1 Å². The van der Waals surface area contributed by atoms with Crippen LogP contribution in [0.1, 0.15) is 44.7 Å². The average molecular weight is 743 g/mol. The third-order valence-corrected chi connectivity index (χ3v) is 6.70. The molecular weight excluding hydrogens is 696 g/mol. The molecule has 0 saturated heterocycles. The summed E-state index contributed by atoms with van der Waals surface area (Å²) in [5.74, 6) is -5.56. The van der Waals surface area contributed by atoms with E-state index in [9.17, 15) is 38.4 Å². The van der Waals surface area contributed by atoms with Gasteiger partial charge in [0.25, 0.3) is 0 Å². The van der Waals surface area contributed by atoms with Crippen molar-refractivity contribution in [3.05, 3.63) is 71.8 Å². The number of amides is 6. The number of carboxylic acid groups (broad SMARTS) is 1. The largest absolute Gasteiger partial charge is 0.480 e. The van der Waals surface area contributed by atoms with Crippen LogP contribution in [0.4, 0.5) is 4.79 Å². The minimum absolute atomic E-state index is 0.0389. The van der Waals surface area contributed by atoms with E-state index in [-0.39, 0.29) is 25.9 Å². The molecule has 0 fully saturated rings. The van der Waals surface area contributed by atoms with E-state index in [1.165, 1.54) is 0 Å². The molecule has 0 unspecified atom stereocenters. The van der Waals surface area contributed by atoms with Gasteiger partial charge < -0.3 is 51.2 Å². The van der Waals surface area contributed by atoms with Gasteiger partial charge in [0.1, 0.15) is 37.6 Å². The van der Waals surface area contributed by atoms with Gasteiger partial charge in [-0.05, 0) is 38.3 Å². The van der Waals surface area contributed by atoms with E-state index in [2.05, 4.69) is 31.9 Å². The first-order valence-corrected chi connectivity index (χ1v) is 16.5. The number of aliphatic carboxylic acids is 1. The van der Waals surface area contributed by atoms with E-state index in [1.54, 1.807) is 81.4 Å². The summed E-state index contributed by atoms with van der Waals surface area (Å²) in [5, 5.41) is 22.8. The number of ether oxygens (including phenoxy) is 3. The molecule has 288 valence electrons. The number of carboxylic acids is 1. The fourth-order valence-corrected chi connectivity index (χ4v) is 4.29. The molecule has 53 heavy (non-hydrogen) atoms. The molecule has 0 spiro atoms. The monoisotopic (exact) mass is 742 g/mol. The molecule has 0 saturated carbocycles. The summed E-state index contributed by atoms with van der Waals surface area (Å²) in [7, 11) is 0. The Balaban J connectivity index is 1.92. The molecule has 0 aliphatic heterocycles. The van der Waals surface area contributed by atoms with Crippen LogP contribution in [-0.2, 0) is 60.8 Å². The van der Waals surface area contributed by atoms with Gasteiger partial charge in [-0.15, -0.1) is 0 Å². The number of hydrogen-bond donors (Lipinski definition) is 7. The van der Waals surface area contributed by atoms with E-state index >= 15 is 0 Å². The zero-order chi connectivity index (χ0) is 39.2. The maximum atomic E-state index is 13.0. The van der Waals surface area contributed by atoms with Gasteiger partial charge in [-0.25, -0.2) is 9.59 Å². The van der Waals surface area contributed by atoms with Crippen LogP contribution in [0.2, 0.25) is 0 Å². The standard InChI is InChI=1S/C35H46N6O12/c1-35(2,3)53-31(47)15-14-25(41-34(50)52-20-24-12-8-5-9-13-24)32(48)37-17-27(42)36-19-29(44)40-26(16-23-10-6-4-7-11-23)33(49)38-18-28(43)39-22-51-21-30(45)46/h4-13,25-26H,14-22H2,1-3H3,(H,36,42)(H,37,48)(H,38,49)(H,39,43)(H,40,44)(H,41,50)(H,45,46)/t25-,26-/m0/s1. The Labute approximate surface area is 306 Å². The Morgan fingerprint density at radius 1 is 0.679 bits per heavy atom. The Morgan fingerprint density at radius 2 is 1.23 bits per heavy atom.